The van der Waals surface area contributed by atoms with Crippen molar-refractivity contribution in [2.75, 3.05) is 13.1 Å². The summed E-state index contributed by atoms with van der Waals surface area (Å²) in [5, 5.41) is 0.785. The molecule has 1 aliphatic heterocycles. The average molecular weight is 348 g/mol. The van der Waals surface area contributed by atoms with E-state index in [-0.39, 0.29) is 0 Å². The molecule has 1 heterocycles. The molecular weight excluding hydrogens is 318 g/mol. The zero-order valence-corrected chi connectivity index (χ0v) is 15.4. The zero-order chi connectivity index (χ0) is 16.8. The van der Waals surface area contributed by atoms with E-state index in [0.29, 0.717) is 11.8 Å². The normalized spacial score (nSPS) is 23.0. The van der Waals surface area contributed by atoms with Crippen LogP contribution < -0.4 is 0 Å². The summed E-state index contributed by atoms with van der Waals surface area (Å²) in [6.45, 7) is 1.82. The van der Waals surface area contributed by atoms with E-state index in [1.807, 2.05) is 12.1 Å². The Morgan fingerprint density at radius 2 is 1.71 bits per heavy atom. The van der Waals surface area contributed by atoms with E-state index in [1.165, 1.54) is 50.5 Å². The molecular formula is C21H30ClNO. The van der Waals surface area contributed by atoms with Gasteiger partial charge in [0.05, 0.1) is 0 Å². The van der Waals surface area contributed by atoms with Crippen LogP contribution in [0.25, 0.3) is 0 Å². The van der Waals surface area contributed by atoms with Crippen LogP contribution in [-0.4, -0.2) is 23.9 Å². The first-order valence-electron chi connectivity index (χ1n) is 9.75. The van der Waals surface area contributed by atoms with Gasteiger partial charge in [-0.15, -0.1) is 0 Å². The van der Waals surface area contributed by atoms with Gasteiger partial charge in [0.1, 0.15) is 0 Å². The quantitative estimate of drug-likeness (QED) is 0.674. The van der Waals surface area contributed by atoms with Gasteiger partial charge in [0, 0.05) is 30.5 Å². The number of benzene rings is 1. The number of hydrogen-bond donors (Lipinski definition) is 0. The molecule has 1 aromatic rings. The molecule has 3 heteroatoms. The molecule has 132 valence electrons. The monoisotopic (exact) mass is 347 g/mol. The maximum absolute atomic E-state index is 12.7. The lowest BCUT2D eigenvalue weighted by atomic mass is 9.86. The number of hydrogen-bond acceptors (Lipinski definition) is 1. The Balaban J connectivity index is 1.55. The summed E-state index contributed by atoms with van der Waals surface area (Å²) in [5.41, 5.74) is 1.33. The van der Waals surface area contributed by atoms with Gasteiger partial charge in [-0.1, -0.05) is 62.3 Å². The van der Waals surface area contributed by atoms with Crippen LogP contribution >= 0.6 is 11.6 Å². The highest BCUT2D eigenvalue weighted by Crippen LogP contribution is 2.30. The van der Waals surface area contributed by atoms with Crippen molar-refractivity contribution in [2.45, 2.75) is 70.1 Å². The largest absolute Gasteiger partial charge is 0.342 e. The number of amides is 1. The smallest absolute Gasteiger partial charge is 0.222 e. The second-order valence-corrected chi connectivity index (χ2v) is 8.06. The van der Waals surface area contributed by atoms with E-state index in [2.05, 4.69) is 17.0 Å². The summed E-state index contributed by atoms with van der Waals surface area (Å²) in [6, 6.07) is 8.19. The Hall–Kier alpha value is -1.02. The summed E-state index contributed by atoms with van der Waals surface area (Å²) in [7, 11) is 0. The fraction of sp³-hybridized carbons (Fsp3) is 0.667. The number of nitrogens with zero attached hydrogens (tertiary/aromatic N) is 1. The lowest BCUT2D eigenvalue weighted by molar-refractivity contribution is -0.131. The minimum Gasteiger partial charge on any atom is -0.342 e. The summed E-state index contributed by atoms with van der Waals surface area (Å²) >= 11 is 6.01. The Morgan fingerprint density at radius 1 is 1.00 bits per heavy atom. The second kappa shape index (κ2) is 8.89. The highest BCUT2D eigenvalue weighted by molar-refractivity contribution is 6.30. The van der Waals surface area contributed by atoms with Crippen LogP contribution in [-0.2, 0) is 4.79 Å². The van der Waals surface area contributed by atoms with Crippen molar-refractivity contribution in [3.05, 3.63) is 34.9 Å². The van der Waals surface area contributed by atoms with E-state index < -0.39 is 0 Å². The molecule has 1 unspecified atom stereocenters. The van der Waals surface area contributed by atoms with E-state index >= 15 is 0 Å². The van der Waals surface area contributed by atoms with Crippen molar-refractivity contribution in [2.24, 2.45) is 5.92 Å². The molecule has 3 rings (SSSR count). The van der Waals surface area contributed by atoms with Gasteiger partial charge in [0.2, 0.25) is 5.91 Å². The molecule has 1 aliphatic carbocycles. The van der Waals surface area contributed by atoms with Gasteiger partial charge in [0.15, 0.2) is 0 Å². The van der Waals surface area contributed by atoms with E-state index in [4.69, 9.17) is 11.6 Å². The molecule has 0 N–H and O–H groups in total. The van der Waals surface area contributed by atoms with Crippen LogP contribution in [0.3, 0.4) is 0 Å². The molecule has 0 aromatic heterocycles. The van der Waals surface area contributed by atoms with Gasteiger partial charge in [0.25, 0.3) is 0 Å². The van der Waals surface area contributed by atoms with Gasteiger partial charge < -0.3 is 4.90 Å². The van der Waals surface area contributed by atoms with Crippen LogP contribution in [0.5, 0.6) is 0 Å². The van der Waals surface area contributed by atoms with E-state index in [1.54, 1.807) is 0 Å². The standard InChI is InChI=1S/C21H30ClNO/c22-20-12-10-18(11-13-20)19-8-4-5-15-23(16-19)21(24)14-9-17-6-2-1-3-7-17/h10-13,17,19H,1-9,14-16H2. The minimum absolute atomic E-state index is 0.376. The molecule has 0 spiro atoms. The van der Waals surface area contributed by atoms with E-state index in [0.717, 1.165) is 43.3 Å². The highest BCUT2D eigenvalue weighted by atomic mass is 35.5. The first-order chi connectivity index (χ1) is 11.7. The molecule has 0 bridgehead atoms. The van der Waals surface area contributed by atoms with Crippen LogP contribution in [0.2, 0.25) is 5.02 Å². The average Bonchev–Trinajstić information content (AvgIpc) is 2.87. The van der Waals surface area contributed by atoms with Crippen LogP contribution in [0.4, 0.5) is 0 Å². The van der Waals surface area contributed by atoms with Crippen molar-refractivity contribution in [1.82, 2.24) is 4.90 Å². The third-order valence-corrected chi connectivity index (χ3v) is 6.11. The third kappa shape index (κ3) is 4.99. The van der Waals surface area contributed by atoms with Gasteiger partial charge in [-0.2, -0.15) is 0 Å². The predicted octanol–water partition coefficient (Wildman–Crippen LogP) is 5.80. The first-order valence-corrected chi connectivity index (χ1v) is 10.1. The summed E-state index contributed by atoms with van der Waals surface area (Å²) in [4.78, 5) is 14.9. The molecule has 2 nitrogen and oxygen atoms in total. The fourth-order valence-electron chi connectivity index (χ4n) is 4.34. The molecule has 1 atom stereocenters. The van der Waals surface area contributed by atoms with Gasteiger partial charge >= 0.3 is 0 Å². The van der Waals surface area contributed by atoms with Crippen molar-refractivity contribution < 1.29 is 4.79 Å². The van der Waals surface area contributed by atoms with Crippen LogP contribution in [0.15, 0.2) is 24.3 Å². The molecule has 1 amide bonds. The predicted molar refractivity (Wildman–Crippen MR) is 100 cm³/mol. The Kier molecular flexibility index (Phi) is 6.59. The van der Waals surface area contributed by atoms with Crippen molar-refractivity contribution in [1.29, 1.82) is 0 Å². The Labute approximate surface area is 151 Å². The maximum atomic E-state index is 12.7. The SMILES string of the molecule is O=C(CCC1CCCCC1)N1CCCCC(c2ccc(Cl)cc2)C1. The molecule has 1 aromatic carbocycles. The van der Waals surface area contributed by atoms with Crippen molar-refractivity contribution in [3.63, 3.8) is 0 Å². The number of likely N-dealkylation sites (tertiary alicyclic amines) is 1. The van der Waals surface area contributed by atoms with Crippen molar-refractivity contribution >= 4 is 17.5 Å². The number of rotatable bonds is 4. The molecule has 2 fully saturated rings. The minimum atomic E-state index is 0.376. The molecule has 24 heavy (non-hydrogen) atoms. The van der Waals surface area contributed by atoms with Crippen LogP contribution in [0.1, 0.15) is 75.7 Å². The highest BCUT2D eigenvalue weighted by Gasteiger charge is 2.24. The van der Waals surface area contributed by atoms with Gasteiger partial charge in [-0.25, -0.2) is 0 Å². The lowest BCUT2D eigenvalue weighted by Crippen LogP contribution is -2.34. The van der Waals surface area contributed by atoms with Crippen LogP contribution in [0, 0.1) is 5.92 Å². The zero-order valence-electron chi connectivity index (χ0n) is 14.7. The Bertz CT molecular complexity index is 521. The summed E-state index contributed by atoms with van der Waals surface area (Å²) in [5.74, 6) is 1.63. The number of halogens is 1. The lowest BCUT2D eigenvalue weighted by Gasteiger charge is -2.27. The number of carbonyl (C=O) groups excluding carboxylic acids is 1. The van der Waals surface area contributed by atoms with Gasteiger partial charge in [-0.05, 0) is 42.9 Å². The number of carbonyl (C=O) groups is 1. The second-order valence-electron chi connectivity index (χ2n) is 7.63. The van der Waals surface area contributed by atoms with Crippen molar-refractivity contribution in [3.8, 4) is 0 Å². The molecule has 2 aliphatic rings. The Morgan fingerprint density at radius 3 is 2.46 bits per heavy atom. The maximum Gasteiger partial charge on any atom is 0.222 e. The first kappa shape index (κ1) is 17.8. The fourth-order valence-corrected chi connectivity index (χ4v) is 4.46. The van der Waals surface area contributed by atoms with Gasteiger partial charge in [-0.3, -0.25) is 4.79 Å². The van der Waals surface area contributed by atoms with E-state index in [9.17, 15) is 4.79 Å². The molecule has 1 saturated carbocycles. The topological polar surface area (TPSA) is 20.3 Å². The summed E-state index contributed by atoms with van der Waals surface area (Å²) in [6.07, 6.45) is 12.1. The third-order valence-electron chi connectivity index (χ3n) is 5.86. The molecule has 0 radical (unpaired) electrons. The summed E-state index contributed by atoms with van der Waals surface area (Å²) < 4.78 is 0. The molecule has 1 saturated heterocycles.